The fraction of sp³-hybridized carbons (Fsp3) is 0.619. The van der Waals surface area contributed by atoms with Crippen LogP contribution < -0.4 is 14.8 Å². The minimum Gasteiger partial charge on any atom is -0.493 e. The molecule has 1 aliphatic rings. The molecule has 1 N–H and O–H groups in total. The van der Waals surface area contributed by atoms with Gasteiger partial charge in [-0.05, 0) is 45.7 Å². The van der Waals surface area contributed by atoms with E-state index in [9.17, 15) is 4.79 Å². The van der Waals surface area contributed by atoms with E-state index in [1.54, 1.807) is 7.11 Å². The number of nitrogens with zero attached hydrogens (tertiary/aromatic N) is 2. The molecule has 0 bridgehead atoms. The number of para-hydroxylation sites is 2. The summed E-state index contributed by atoms with van der Waals surface area (Å²) in [6.07, 6.45) is 1.48. The van der Waals surface area contributed by atoms with Crippen molar-refractivity contribution in [1.82, 2.24) is 10.2 Å². The van der Waals surface area contributed by atoms with Gasteiger partial charge in [0.2, 0.25) is 0 Å². The Morgan fingerprint density at radius 3 is 2.48 bits per heavy atom. The van der Waals surface area contributed by atoms with Crippen LogP contribution in [-0.2, 0) is 9.53 Å². The van der Waals surface area contributed by atoms with Gasteiger partial charge < -0.3 is 24.4 Å². The summed E-state index contributed by atoms with van der Waals surface area (Å²) in [5.74, 6) is 2.20. The summed E-state index contributed by atoms with van der Waals surface area (Å²) >= 11 is 0. The molecule has 1 saturated heterocycles. The van der Waals surface area contributed by atoms with E-state index < -0.39 is 0 Å². The Labute approximate surface area is 191 Å². The van der Waals surface area contributed by atoms with Crippen molar-refractivity contribution in [2.24, 2.45) is 10.9 Å². The molecule has 0 aromatic heterocycles. The number of likely N-dealkylation sites (tertiary alicyclic amines) is 1. The van der Waals surface area contributed by atoms with Gasteiger partial charge >= 0.3 is 5.97 Å². The Morgan fingerprint density at radius 2 is 1.90 bits per heavy atom. The van der Waals surface area contributed by atoms with Gasteiger partial charge in [-0.1, -0.05) is 12.1 Å². The molecule has 29 heavy (non-hydrogen) atoms. The zero-order chi connectivity index (χ0) is 20.4. The van der Waals surface area contributed by atoms with Crippen molar-refractivity contribution in [2.45, 2.75) is 39.7 Å². The van der Waals surface area contributed by atoms with E-state index in [4.69, 9.17) is 19.2 Å². The number of piperidine rings is 1. The lowest BCUT2D eigenvalue weighted by Crippen LogP contribution is -2.47. The number of guanidine groups is 1. The van der Waals surface area contributed by atoms with Crippen LogP contribution in [0.3, 0.4) is 0 Å². The first-order valence-corrected chi connectivity index (χ1v) is 10.1. The van der Waals surface area contributed by atoms with Crippen molar-refractivity contribution in [3.63, 3.8) is 0 Å². The number of nitrogens with one attached hydrogen (secondary N) is 1. The highest BCUT2D eigenvalue weighted by Gasteiger charge is 2.27. The molecular formula is C21H34IN3O4. The lowest BCUT2D eigenvalue weighted by atomic mass is 9.97. The smallest absolute Gasteiger partial charge is 0.309 e. The van der Waals surface area contributed by atoms with Gasteiger partial charge in [-0.2, -0.15) is 0 Å². The van der Waals surface area contributed by atoms with Gasteiger partial charge in [-0.3, -0.25) is 4.79 Å². The summed E-state index contributed by atoms with van der Waals surface area (Å²) in [6, 6.07) is 7.61. The maximum Gasteiger partial charge on any atom is 0.309 e. The Balaban J connectivity index is 0.00000420. The Hall–Kier alpha value is -1.71. The molecule has 0 spiro atoms. The number of halogens is 1. The van der Waals surface area contributed by atoms with Gasteiger partial charge in [0.15, 0.2) is 17.5 Å². The Kier molecular flexibility index (Phi) is 11.8. The molecule has 164 valence electrons. The molecule has 0 radical (unpaired) electrons. The molecular weight excluding hydrogens is 485 g/mol. The molecule has 1 unspecified atom stereocenters. The number of esters is 1. The fourth-order valence-corrected chi connectivity index (χ4v) is 3.20. The number of ether oxygens (including phenoxy) is 3. The van der Waals surface area contributed by atoms with E-state index in [1.165, 1.54) is 0 Å². The van der Waals surface area contributed by atoms with Crippen molar-refractivity contribution in [3.05, 3.63) is 24.3 Å². The molecule has 8 heteroatoms. The summed E-state index contributed by atoms with van der Waals surface area (Å²) < 4.78 is 16.5. The number of rotatable bonds is 8. The minimum absolute atomic E-state index is 0. The summed E-state index contributed by atoms with van der Waals surface area (Å²) in [4.78, 5) is 18.9. The van der Waals surface area contributed by atoms with E-state index in [0.717, 1.165) is 38.4 Å². The Morgan fingerprint density at radius 1 is 1.24 bits per heavy atom. The number of hydrogen-bond acceptors (Lipinski definition) is 5. The second-order valence-corrected chi connectivity index (χ2v) is 6.79. The van der Waals surface area contributed by atoms with Crippen molar-refractivity contribution in [2.75, 3.05) is 39.9 Å². The van der Waals surface area contributed by atoms with E-state index in [2.05, 4.69) is 17.1 Å². The largest absolute Gasteiger partial charge is 0.493 e. The first-order chi connectivity index (χ1) is 13.6. The number of methoxy groups -OCH3 is 1. The molecule has 1 heterocycles. The monoisotopic (exact) mass is 519 g/mol. The third-order valence-electron chi connectivity index (χ3n) is 4.64. The summed E-state index contributed by atoms with van der Waals surface area (Å²) in [5.41, 5.74) is 0. The van der Waals surface area contributed by atoms with Crippen LogP contribution in [0.1, 0.15) is 33.6 Å². The molecule has 1 aliphatic heterocycles. The highest BCUT2D eigenvalue weighted by molar-refractivity contribution is 14.0. The van der Waals surface area contributed by atoms with Crippen molar-refractivity contribution in [3.8, 4) is 11.5 Å². The first kappa shape index (κ1) is 25.3. The third kappa shape index (κ3) is 7.91. The maximum absolute atomic E-state index is 11.9. The number of benzene rings is 1. The average molecular weight is 519 g/mol. The van der Waals surface area contributed by atoms with Crippen molar-refractivity contribution < 1.29 is 19.0 Å². The third-order valence-corrected chi connectivity index (χ3v) is 4.64. The number of carbonyl (C=O) groups excluding carboxylic acids is 1. The second kappa shape index (κ2) is 13.5. The van der Waals surface area contributed by atoms with Crippen molar-refractivity contribution >= 4 is 35.9 Å². The van der Waals surface area contributed by atoms with Gasteiger partial charge in [-0.15, -0.1) is 24.0 Å². The van der Waals surface area contributed by atoms with Gasteiger partial charge in [0, 0.05) is 19.6 Å². The predicted molar refractivity (Wildman–Crippen MR) is 125 cm³/mol. The van der Waals surface area contributed by atoms with Gasteiger partial charge in [0.25, 0.3) is 0 Å². The SMILES string of the molecule is CCNC(=NCC(C)Oc1ccccc1OC)N1CCC(C(=O)OCC)CC1.I. The predicted octanol–water partition coefficient (Wildman–Crippen LogP) is 3.32. The normalized spacial score (nSPS) is 15.9. The van der Waals surface area contributed by atoms with Gasteiger partial charge in [0.05, 0.1) is 26.2 Å². The van der Waals surface area contributed by atoms with E-state index in [-0.39, 0.29) is 42.0 Å². The number of carbonyl (C=O) groups is 1. The highest BCUT2D eigenvalue weighted by atomic mass is 127. The number of hydrogen-bond donors (Lipinski definition) is 1. The van der Waals surface area contributed by atoms with Crippen LogP contribution in [-0.4, -0.2) is 62.8 Å². The molecule has 1 aromatic carbocycles. The van der Waals surface area contributed by atoms with Crippen LogP contribution in [0.2, 0.25) is 0 Å². The Bertz CT molecular complexity index is 649. The lowest BCUT2D eigenvalue weighted by molar-refractivity contribution is -0.149. The summed E-state index contributed by atoms with van der Waals surface area (Å²) in [6.45, 7) is 9.22. The molecule has 0 aliphatic carbocycles. The zero-order valence-corrected chi connectivity index (χ0v) is 20.2. The number of aliphatic imine (C=N–C) groups is 1. The zero-order valence-electron chi connectivity index (χ0n) is 17.8. The van der Waals surface area contributed by atoms with Crippen LogP contribution in [0.25, 0.3) is 0 Å². The quantitative estimate of drug-likeness (QED) is 0.246. The van der Waals surface area contributed by atoms with Gasteiger partial charge in [0.1, 0.15) is 6.10 Å². The van der Waals surface area contributed by atoms with Crippen molar-refractivity contribution in [1.29, 1.82) is 0 Å². The van der Waals surface area contributed by atoms with Crippen LogP contribution in [0, 0.1) is 5.92 Å². The molecule has 2 rings (SSSR count). The van der Waals surface area contributed by atoms with Gasteiger partial charge in [-0.25, -0.2) is 4.99 Å². The minimum atomic E-state index is -0.0953. The van der Waals surface area contributed by atoms with E-state index >= 15 is 0 Å². The average Bonchev–Trinajstić information content (AvgIpc) is 2.72. The van der Waals surface area contributed by atoms with E-state index in [1.807, 2.05) is 38.1 Å². The van der Waals surface area contributed by atoms with Crippen LogP contribution >= 0.6 is 24.0 Å². The highest BCUT2D eigenvalue weighted by Crippen LogP contribution is 2.26. The van der Waals surface area contributed by atoms with Crippen LogP contribution in [0.15, 0.2) is 29.3 Å². The topological polar surface area (TPSA) is 72.4 Å². The summed E-state index contributed by atoms with van der Waals surface area (Å²) in [5, 5.41) is 3.34. The second-order valence-electron chi connectivity index (χ2n) is 6.79. The maximum atomic E-state index is 11.9. The fourth-order valence-electron chi connectivity index (χ4n) is 3.20. The first-order valence-electron chi connectivity index (χ1n) is 10.1. The molecule has 1 fully saturated rings. The standard InChI is InChI=1S/C21H33N3O4.HI/c1-5-22-21(24-13-11-17(12-14-24)20(25)27-6-2)23-15-16(3)28-19-10-8-7-9-18(19)26-4;/h7-10,16-17H,5-6,11-15H2,1-4H3,(H,22,23);1H. The summed E-state index contributed by atoms with van der Waals surface area (Å²) in [7, 11) is 1.63. The molecule has 1 aromatic rings. The molecule has 1 atom stereocenters. The lowest BCUT2D eigenvalue weighted by Gasteiger charge is -2.33. The van der Waals surface area contributed by atoms with E-state index in [0.29, 0.717) is 24.7 Å². The molecule has 0 saturated carbocycles. The molecule has 7 nitrogen and oxygen atoms in total. The van der Waals surface area contributed by atoms with Crippen LogP contribution in [0.5, 0.6) is 11.5 Å². The molecule has 0 amide bonds. The van der Waals surface area contributed by atoms with Crippen LogP contribution in [0.4, 0.5) is 0 Å².